The summed E-state index contributed by atoms with van der Waals surface area (Å²) in [5.41, 5.74) is 3.36. The molecule has 0 aliphatic rings. The van der Waals surface area contributed by atoms with E-state index in [1.54, 1.807) is 35.6 Å². The third-order valence-corrected chi connectivity index (χ3v) is 6.18. The monoisotopic (exact) mass is 401 g/mol. The van der Waals surface area contributed by atoms with E-state index < -0.39 is 0 Å². The van der Waals surface area contributed by atoms with Gasteiger partial charge in [0.2, 0.25) is 5.89 Å². The molecule has 6 heteroatoms. The Hall–Kier alpha value is -2.96. The van der Waals surface area contributed by atoms with Crippen molar-refractivity contribution in [1.29, 1.82) is 0 Å². The van der Waals surface area contributed by atoms with Crippen molar-refractivity contribution < 1.29 is 4.42 Å². The summed E-state index contributed by atoms with van der Waals surface area (Å²) in [5.74, 6) is 2.09. The fraction of sp³-hybridized carbons (Fsp3) is 0.0455. The second-order valence-electron chi connectivity index (χ2n) is 6.17. The number of benzene rings is 2. The van der Waals surface area contributed by atoms with Crippen LogP contribution in [0.3, 0.4) is 0 Å². The van der Waals surface area contributed by atoms with Crippen molar-refractivity contribution in [3.05, 3.63) is 84.5 Å². The molecular weight excluding hydrogens is 386 g/mol. The van der Waals surface area contributed by atoms with Crippen LogP contribution in [0, 0.1) is 0 Å². The molecule has 0 saturated heterocycles. The molecule has 2 aromatic carbocycles. The molecular formula is C22H15N3OS2. The highest BCUT2D eigenvalue weighted by Gasteiger charge is 2.11. The van der Waals surface area contributed by atoms with E-state index in [-0.39, 0.29) is 0 Å². The Balaban J connectivity index is 1.36. The minimum Gasteiger partial charge on any atom is -0.440 e. The zero-order valence-corrected chi connectivity index (χ0v) is 16.4. The van der Waals surface area contributed by atoms with Crippen LogP contribution < -0.4 is 0 Å². The molecule has 5 aromatic rings. The van der Waals surface area contributed by atoms with Gasteiger partial charge in [0.15, 0.2) is 5.76 Å². The number of nitrogens with zero attached hydrogens (tertiary/aromatic N) is 3. The van der Waals surface area contributed by atoms with Gasteiger partial charge in [-0.2, -0.15) is 0 Å². The summed E-state index contributed by atoms with van der Waals surface area (Å²) >= 11 is 3.24. The summed E-state index contributed by atoms with van der Waals surface area (Å²) < 4.78 is 6.00. The summed E-state index contributed by atoms with van der Waals surface area (Å²) in [6.45, 7) is 0. The van der Waals surface area contributed by atoms with E-state index in [1.807, 2.05) is 35.7 Å². The summed E-state index contributed by atoms with van der Waals surface area (Å²) in [4.78, 5) is 14.1. The molecule has 136 valence electrons. The van der Waals surface area contributed by atoms with Gasteiger partial charge in [-0.15, -0.1) is 11.3 Å². The second-order valence-corrected chi connectivity index (χ2v) is 8.03. The lowest BCUT2D eigenvalue weighted by Gasteiger charge is -2.03. The zero-order valence-electron chi connectivity index (χ0n) is 14.8. The first-order chi connectivity index (χ1) is 13.9. The van der Waals surface area contributed by atoms with Gasteiger partial charge in [0.25, 0.3) is 0 Å². The molecule has 3 aromatic heterocycles. The van der Waals surface area contributed by atoms with E-state index >= 15 is 0 Å². The maximum absolute atomic E-state index is 6.00. The standard InChI is InChI=1S/C22H15N3OS2/c1-2-5-15(6-3-1)16-7-4-8-17(11-16)19-12-23-20(26-19)13-28-22-18-9-10-27-21(18)24-14-25-22/h1-12,14H,13H2. The van der Waals surface area contributed by atoms with Crippen LogP contribution in [0.4, 0.5) is 0 Å². The first-order valence-electron chi connectivity index (χ1n) is 8.78. The average Bonchev–Trinajstić information content (AvgIpc) is 3.43. The van der Waals surface area contributed by atoms with Gasteiger partial charge in [0.05, 0.1) is 11.9 Å². The molecule has 0 N–H and O–H groups in total. The third-order valence-electron chi connectivity index (χ3n) is 4.37. The quantitative estimate of drug-likeness (QED) is 0.255. The van der Waals surface area contributed by atoms with E-state index in [9.17, 15) is 0 Å². The Morgan fingerprint density at radius 1 is 0.857 bits per heavy atom. The number of hydrogen-bond donors (Lipinski definition) is 0. The number of oxazole rings is 1. The lowest BCUT2D eigenvalue weighted by atomic mass is 10.0. The molecule has 0 amide bonds. The predicted octanol–water partition coefficient (Wildman–Crippen LogP) is 6.31. The first-order valence-corrected chi connectivity index (χ1v) is 10.6. The number of rotatable bonds is 5. The molecule has 0 bridgehead atoms. The van der Waals surface area contributed by atoms with Crippen molar-refractivity contribution in [2.75, 3.05) is 0 Å². The Morgan fingerprint density at radius 3 is 2.64 bits per heavy atom. The molecule has 0 unspecified atom stereocenters. The maximum atomic E-state index is 6.00. The number of fused-ring (bicyclic) bond motifs is 1. The topological polar surface area (TPSA) is 51.8 Å². The molecule has 3 heterocycles. The van der Waals surface area contributed by atoms with Crippen molar-refractivity contribution in [3.8, 4) is 22.5 Å². The molecule has 0 radical (unpaired) electrons. The Kier molecular flexibility index (Phi) is 4.64. The highest BCUT2D eigenvalue weighted by molar-refractivity contribution is 7.98. The van der Waals surface area contributed by atoms with Gasteiger partial charge in [-0.05, 0) is 28.6 Å². The minimum absolute atomic E-state index is 0.625. The van der Waals surface area contributed by atoms with Crippen LogP contribution in [0.15, 0.2) is 88.0 Å². The van der Waals surface area contributed by atoms with Gasteiger partial charge in [0, 0.05) is 10.9 Å². The van der Waals surface area contributed by atoms with Gasteiger partial charge >= 0.3 is 0 Å². The van der Waals surface area contributed by atoms with Gasteiger partial charge in [-0.3, -0.25) is 0 Å². The molecule has 0 aliphatic heterocycles. The van der Waals surface area contributed by atoms with Gasteiger partial charge < -0.3 is 4.42 Å². The first kappa shape index (κ1) is 17.2. The molecule has 0 aliphatic carbocycles. The number of hydrogen-bond acceptors (Lipinski definition) is 6. The van der Waals surface area contributed by atoms with Crippen molar-refractivity contribution in [2.45, 2.75) is 10.8 Å². The van der Waals surface area contributed by atoms with Gasteiger partial charge in [0.1, 0.15) is 16.2 Å². The lowest BCUT2D eigenvalue weighted by Crippen LogP contribution is -1.85. The summed E-state index contributed by atoms with van der Waals surface area (Å²) in [5, 5.41) is 4.07. The number of aromatic nitrogens is 3. The Bertz CT molecular complexity index is 1230. The number of thioether (sulfide) groups is 1. The SMILES string of the molecule is c1ccc(-c2cccc(-c3cnc(CSc4ncnc5sccc45)o3)c2)cc1. The molecule has 0 atom stereocenters. The minimum atomic E-state index is 0.625. The molecule has 5 rings (SSSR count). The fourth-order valence-electron chi connectivity index (χ4n) is 3.01. The van der Waals surface area contributed by atoms with Crippen LogP contribution in [-0.4, -0.2) is 15.0 Å². The van der Waals surface area contributed by atoms with E-state index in [0.29, 0.717) is 11.6 Å². The zero-order chi connectivity index (χ0) is 18.8. The molecule has 0 spiro atoms. The maximum Gasteiger partial charge on any atom is 0.205 e. The van der Waals surface area contributed by atoms with Crippen LogP contribution in [0.1, 0.15) is 5.89 Å². The highest BCUT2D eigenvalue weighted by Crippen LogP contribution is 2.31. The van der Waals surface area contributed by atoms with Crippen LogP contribution in [-0.2, 0) is 5.75 Å². The van der Waals surface area contributed by atoms with Gasteiger partial charge in [-0.1, -0.05) is 60.3 Å². The third kappa shape index (κ3) is 3.44. The van der Waals surface area contributed by atoms with Crippen LogP contribution in [0.25, 0.3) is 32.7 Å². The Morgan fingerprint density at radius 2 is 1.71 bits per heavy atom. The summed E-state index contributed by atoms with van der Waals surface area (Å²) in [7, 11) is 0. The normalized spacial score (nSPS) is 11.1. The predicted molar refractivity (Wildman–Crippen MR) is 114 cm³/mol. The fourth-order valence-corrected chi connectivity index (χ4v) is 4.64. The summed E-state index contributed by atoms with van der Waals surface area (Å²) in [6.07, 6.45) is 3.40. The average molecular weight is 402 g/mol. The molecule has 0 fully saturated rings. The lowest BCUT2D eigenvalue weighted by molar-refractivity contribution is 0.530. The van der Waals surface area contributed by atoms with Crippen LogP contribution >= 0.6 is 23.1 Å². The van der Waals surface area contributed by atoms with E-state index in [2.05, 4.69) is 45.3 Å². The molecule has 4 nitrogen and oxygen atoms in total. The summed E-state index contributed by atoms with van der Waals surface area (Å²) in [6, 6.07) is 20.7. The second kappa shape index (κ2) is 7.58. The largest absolute Gasteiger partial charge is 0.440 e. The molecule has 0 saturated carbocycles. The smallest absolute Gasteiger partial charge is 0.205 e. The van der Waals surface area contributed by atoms with Crippen LogP contribution in [0.5, 0.6) is 0 Å². The van der Waals surface area contributed by atoms with Crippen molar-refractivity contribution in [3.63, 3.8) is 0 Å². The van der Waals surface area contributed by atoms with E-state index in [1.165, 1.54) is 5.56 Å². The number of thiophene rings is 1. The van der Waals surface area contributed by atoms with E-state index in [4.69, 9.17) is 4.42 Å². The van der Waals surface area contributed by atoms with Crippen LogP contribution in [0.2, 0.25) is 0 Å². The van der Waals surface area contributed by atoms with Crippen molar-refractivity contribution >= 4 is 33.3 Å². The Labute approximate surface area is 170 Å². The van der Waals surface area contributed by atoms with Crippen molar-refractivity contribution in [1.82, 2.24) is 15.0 Å². The molecule has 28 heavy (non-hydrogen) atoms. The highest BCUT2D eigenvalue weighted by atomic mass is 32.2. The van der Waals surface area contributed by atoms with Gasteiger partial charge in [-0.25, -0.2) is 15.0 Å². The van der Waals surface area contributed by atoms with Crippen molar-refractivity contribution in [2.24, 2.45) is 0 Å². The van der Waals surface area contributed by atoms with E-state index in [0.717, 1.165) is 32.1 Å².